The molecule has 0 unspecified atom stereocenters. The third-order valence-corrected chi connectivity index (χ3v) is 2.56. The van der Waals surface area contributed by atoms with Gasteiger partial charge in [0.25, 0.3) is 5.91 Å². The molecule has 6 nitrogen and oxygen atoms in total. The van der Waals surface area contributed by atoms with Crippen molar-refractivity contribution in [3.8, 4) is 0 Å². The molecular weight excluding hydrogens is 230 g/mol. The Labute approximate surface area is 94.7 Å². The van der Waals surface area contributed by atoms with Gasteiger partial charge in [-0.15, -0.1) is 0 Å². The Morgan fingerprint density at radius 1 is 1.50 bits per heavy atom. The van der Waals surface area contributed by atoms with Gasteiger partial charge in [0.15, 0.2) is 0 Å². The molecule has 0 saturated carbocycles. The molecule has 90 valence electrons. The lowest BCUT2D eigenvalue weighted by molar-refractivity contribution is 0.0972. The first-order chi connectivity index (χ1) is 7.20. The maximum atomic E-state index is 11.6. The molecule has 0 aliphatic rings. The Morgan fingerprint density at radius 2 is 2.06 bits per heavy atom. The molecule has 0 atom stereocenters. The lowest BCUT2D eigenvalue weighted by Gasteiger charge is -2.01. The van der Waals surface area contributed by atoms with Crippen molar-refractivity contribution < 1.29 is 13.2 Å². The van der Waals surface area contributed by atoms with Crippen molar-refractivity contribution in [2.45, 2.75) is 19.8 Å². The molecule has 0 fully saturated rings. The first-order valence-electron chi connectivity index (χ1n) is 4.76. The van der Waals surface area contributed by atoms with E-state index in [1.54, 1.807) is 13.1 Å². The van der Waals surface area contributed by atoms with Gasteiger partial charge >= 0.3 is 0 Å². The molecule has 0 spiro atoms. The van der Waals surface area contributed by atoms with Crippen LogP contribution in [0.5, 0.6) is 0 Å². The molecular formula is C9H15N3O3S. The molecule has 0 aliphatic carbocycles. The quantitative estimate of drug-likeness (QED) is 0.826. The number of carbonyl (C=O) groups is 1. The number of carbonyl (C=O) groups excluding carboxylic acids is 1. The summed E-state index contributed by atoms with van der Waals surface area (Å²) < 4.78 is 25.1. The van der Waals surface area contributed by atoms with Gasteiger partial charge in [0.1, 0.15) is 5.69 Å². The number of aryl methyl sites for hydroxylation is 1. The summed E-state index contributed by atoms with van der Waals surface area (Å²) in [6.07, 6.45) is 0.935. The number of rotatable bonds is 3. The van der Waals surface area contributed by atoms with Crippen molar-refractivity contribution in [1.29, 1.82) is 0 Å². The highest BCUT2D eigenvalue weighted by Crippen LogP contribution is 2.13. The van der Waals surface area contributed by atoms with E-state index in [9.17, 15) is 13.2 Å². The van der Waals surface area contributed by atoms with E-state index in [1.165, 1.54) is 4.68 Å². The van der Waals surface area contributed by atoms with E-state index in [0.717, 1.165) is 11.9 Å². The van der Waals surface area contributed by atoms with Crippen molar-refractivity contribution in [2.75, 3.05) is 6.26 Å². The Hall–Kier alpha value is -1.37. The van der Waals surface area contributed by atoms with Crippen LogP contribution in [0, 0.1) is 0 Å². The number of amides is 1. The Morgan fingerprint density at radius 3 is 2.44 bits per heavy atom. The Bertz CT molecular complexity index is 502. The molecule has 1 aromatic rings. The van der Waals surface area contributed by atoms with Gasteiger partial charge in [-0.3, -0.25) is 9.48 Å². The predicted octanol–water partition coefficient (Wildman–Crippen LogP) is 0.233. The Balaban J connectivity index is 3.01. The van der Waals surface area contributed by atoms with Crippen LogP contribution < -0.4 is 4.72 Å². The van der Waals surface area contributed by atoms with E-state index < -0.39 is 15.9 Å². The predicted molar refractivity (Wildman–Crippen MR) is 59.6 cm³/mol. The highest BCUT2D eigenvalue weighted by molar-refractivity contribution is 7.89. The fraction of sp³-hybridized carbons (Fsp3) is 0.556. The number of hydrogen-bond donors (Lipinski definition) is 1. The largest absolute Gasteiger partial charge is 0.282 e. The minimum atomic E-state index is -3.54. The second kappa shape index (κ2) is 4.25. The highest BCUT2D eigenvalue weighted by Gasteiger charge is 2.17. The van der Waals surface area contributed by atoms with Crippen LogP contribution >= 0.6 is 0 Å². The van der Waals surface area contributed by atoms with Crippen LogP contribution in [-0.4, -0.2) is 30.4 Å². The number of nitrogens with one attached hydrogen (secondary N) is 1. The van der Waals surface area contributed by atoms with Gasteiger partial charge < -0.3 is 0 Å². The third-order valence-electron chi connectivity index (χ3n) is 2.00. The maximum Gasteiger partial charge on any atom is 0.282 e. The standard InChI is InChI=1S/C9H15N3O3S/c1-6(2)7-5-8(12(3)10-7)9(13)11-16(4,14)15/h5-6H,1-4H3,(H,11,13). The zero-order valence-corrected chi connectivity index (χ0v) is 10.5. The topological polar surface area (TPSA) is 81.1 Å². The van der Waals surface area contributed by atoms with Gasteiger partial charge in [-0.1, -0.05) is 13.8 Å². The molecule has 1 N–H and O–H groups in total. The zero-order chi connectivity index (χ0) is 12.5. The number of hydrogen-bond acceptors (Lipinski definition) is 4. The second-order valence-electron chi connectivity index (χ2n) is 3.94. The summed E-state index contributed by atoms with van der Waals surface area (Å²) in [5.74, 6) is -0.476. The second-order valence-corrected chi connectivity index (χ2v) is 5.68. The van der Waals surface area contributed by atoms with Crippen molar-refractivity contribution in [3.63, 3.8) is 0 Å². The Kier molecular flexibility index (Phi) is 3.37. The molecule has 0 aliphatic heterocycles. The van der Waals surface area contributed by atoms with Crippen LogP contribution in [0.4, 0.5) is 0 Å². The van der Waals surface area contributed by atoms with Crippen LogP contribution in [0.3, 0.4) is 0 Å². The molecule has 0 radical (unpaired) electrons. The van der Waals surface area contributed by atoms with Crippen LogP contribution in [0.15, 0.2) is 6.07 Å². The van der Waals surface area contributed by atoms with Gasteiger partial charge in [-0.2, -0.15) is 5.10 Å². The summed E-state index contributed by atoms with van der Waals surface area (Å²) in [4.78, 5) is 11.6. The van der Waals surface area contributed by atoms with Crippen molar-refractivity contribution in [3.05, 3.63) is 17.5 Å². The summed E-state index contributed by atoms with van der Waals surface area (Å²) in [7, 11) is -1.94. The van der Waals surface area contributed by atoms with Gasteiger partial charge in [0, 0.05) is 7.05 Å². The van der Waals surface area contributed by atoms with Crippen molar-refractivity contribution in [1.82, 2.24) is 14.5 Å². The van der Waals surface area contributed by atoms with Gasteiger partial charge in [-0.25, -0.2) is 13.1 Å². The molecule has 1 aromatic heterocycles. The first-order valence-corrected chi connectivity index (χ1v) is 6.66. The minimum Gasteiger partial charge on any atom is -0.266 e. The molecule has 0 aromatic carbocycles. The van der Waals surface area contributed by atoms with Gasteiger partial charge in [0.2, 0.25) is 10.0 Å². The number of nitrogens with zero attached hydrogens (tertiary/aromatic N) is 2. The van der Waals surface area contributed by atoms with Crippen LogP contribution in [0.2, 0.25) is 0 Å². The van der Waals surface area contributed by atoms with E-state index in [0.29, 0.717) is 0 Å². The average Bonchev–Trinajstić information content (AvgIpc) is 2.44. The maximum absolute atomic E-state index is 11.6. The zero-order valence-electron chi connectivity index (χ0n) is 9.68. The molecule has 0 bridgehead atoms. The van der Waals surface area contributed by atoms with Crippen LogP contribution in [0.25, 0.3) is 0 Å². The van der Waals surface area contributed by atoms with Crippen molar-refractivity contribution in [2.24, 2.45) is 7.05 Å². The average molecular weight is 245 g/mol. The normalized spacial score (nSPS) is 11.8. The van der Waals surface area contributed by atoms with E-state index in [1.807, 2.05) is 18.6 Å². The third kappa shape index (κ3) is 3.06. The molecule has 16 heavy (non-hydrogen) atoms. The SMILES string of the molecule is CC(C)c1cc(C(=O)NS(C)(=O)=O)n(C)n1. The summed E-state index contributed by atoms with van der Waals surface area (Å²) in [5.41, 5.74) is 0.982. The first kappa shape index (κ1) is 12.7. The minimum absolute atomic E-state index is 0.186. The number of sulfonamides is 1. The molecule has 7 heteroatoms. The molecule has 0 saturated heterocycles. The van der Waals surface area contributed by atoms with Crippen LogP contribution in [0.1, 0.15) is 35.9 Å². The van der Waals surface area contributed by atoms with E-state index in [4.69, 9.17) is 0 Å². The summed E-state index contributed by atoms with van der Waals surface area (Å²) in [6.45, 7) is 3.89. The number of aromatic nitrogens is 2. The highest BCUT2D eigenvalue weighted by atomic mass is 32.2. The fourth-order valence-electron chi connectivity index (χ4n) is 1.20. The van der Waals surface area contributed by atoms with Gasteiger partial charge in [-0.05, 0) is 12.0 Å². The summed E-state index contributed by atoms with van der Waals surface area (Å²) >= 11 is 0. The fourth-order valence-corrected chi connectivity index (χ4v) is 1.65. The molecule has 1 heterocycles. The van der Waals surface area contributed by atoms with Crippen molar-refractivity contribution >= 4 is 15.9 Å². The monoisotopic (exact) mass is 245 g/mol. The lowest BCUT2D eigenvalue weighted by atomic mass is 10.1. The summed E-state index contributed by atoms with van der Waals surface area (Å²) in [5, 5.41) is 4.12. The molecule has 1 rings (SSSR count). The van der Waals surface area contributed by atoms with Crippen LogP contribution in [-0.2, 0) is 17.1 Å². The molecule has 1 amide bonds. The van der Waals surface area contributed by atoms with E-state index in [-0.39, 0.29) is 11.6 Å². The lowest BCUT2D eigenvalue weighted by Crippen LogP contribution is -2.30. The smallest absolute Gasteiger partial charge is 0.266 e. The van der Waals surface area contributed by atoms with E-state index >= 15 is 0 Å². The van der Waals surface area contributed by atoms with Gasteiger partial charge in [0.05, 0.1) is 11.9 Å². The van der Waals surface area contributed by atoms with E-state index in [2.05, 4.69) is 5.10 Å². The summed E-state index contributed by atoms with van der Waals surface area (Å²) in [6, 6.07) is 1.59.